The number of aromatic nitrogens is 1. The summed E-state index contributed by atoms with van der Waals surface area (Å²) in [5, 5.41) is 0.507. The Hall–Kier alpha value is -1.35. The van der Waals surface area contributed by atoms with E-state index in [0.717, 1.165) is 24.9 Å². The van der Waals surface area contributed by atoms with Gasteiger partial charge in [0.2, 0.25) is 5.91 Å². The van der Waals surface area contributed by atoms with E-state index >= 15 is 0 Å². The van der Waals surface area contributed by atoms with Crippen molar-refractivity contribution in [1.29, 1.82) is 0 Å². The van der Waals surface area contributed by atoms with E-state index in [9.17, 15) is 4.79 Å². The minimum atomic E-state index is -0.265. The fraction of sp³-hybridized carbons (Fsp3) is 0.429. The third-order valence-electron chi connectivity index (χ3n) is 4.08. The second-order valence-corrected chi connectivity index (χ2v) is 5.60. The SMILES string of the molecule is CN1CC[C@@]2(C=C[C@@H](c3ccc(Cl)nc3)C2)C1=O. The van der Waals surface area contributed by atoms with Gasteiger partial charge < -0.3 is 4.90 Å². The van der Waals surface area contributed by atoms with Crippen LogP contribution in [0.4, 0.5) is 0 Å². The van der Waals surface area contributed by atoms with Gasteiger partial charge in [0.1, 0.15) is 5.15 Å². The fourth-order valence-corrected chi connectivity index (χ4v) is 3.08. The second kappa shape index (κ2) is 4.09. The molecule has 1 aliphatic carbocycles. The van der Waals surface area contributed by atoms with Gasteiger partial charge in [-0.1, -0.05) is 29.8 Å². The molecule has 18 heavy (non-hydrogen) atoms. The summed E-state index contributed by atoms with van der Waals surface area (Å²) in [6.45, 7) is 0.856. The number of hydrogen-bond acceptors (Lipinski definition) is 2. The third kappa shape index (κ3) is 1.74. The van der Waals surface area contributed by atoms with E-state index in [4.69, 9.17) is 11.6 Å². The number of likely N-dealkylation sites (tertiary alicyclic amines) is 1. The standard InChI is InChI=1S/C14H15ClN2O/c1-17-7-6-14(13(17)18)5-4-10(8-14)11-2-3-12(15)16-9-11/h2-5,9-10H,6-8H2,1H3/t10-,14-/m1/s1. The Kier molecular flexibility index (Phi) is 2.67. The third-order valence-corrected chi connectivity index (χ3v) is 4.30. The summed E-state index contributed by atoms with van der Waals surface area (Å²) in [4.78, 5) is 18.1. The number of carbonyl (C=O) groups is 1. The lowest BCUT2D eigenvalue weighted by Gasteiger charge is -2.21. The van der Waals surface area contributed by atoms with Crippen LogP contribution in [0.3, 0.4) is 0 Å². The molecule has 1 aliphatic heterocycles. The zero-order valence-electron chi connectivity index (χ0n) is 10.3. The monoisotopic (exact) mass is 262 g/mol. The molecular weight excluding hydrogens is 248 g/mol. The van der Waals surface area contributed by atoms with Crippen LogP contribution >= 0.6 is 11.6 Å². The highest BCUT2D eigenvalue weighted by Gasteiger charge is 2.47. The molecule has 2 aliphatic rings. The van der Waals surface area contributed by atoms with Crippen molar-refractivity contribution in [3.63, 3.8) is 0 Å². The Morgan fingerprint density at radius 2 is 2.33 bits per heavy atom. The summed E-state index contributed by atoms with van der Waals surface area (Å²) in [6.07, 6.45) is 7.83. The molecular formula is C14H15ClN2O. The molecule has 0 radical (unpaired) electrons. The van der Waals surface area contributed by atoms with E-state index in [1.807, 2.05) is 18.0 Å². The molecule has 1 aromatic rings. The van der Waals surface area contributed by atoms with E-state index in [2.05, 4.69) is 17.1 Å². The van der Waals surface area contributed by atoms with Gasteiger partial charge in [0.25, 0.3) is 0 Å². The van der Waals surface area contributed by atoms with E-state index in [-0.39, 0.29) is 17.2 Å². The number of amides is 1. The van der Waals surface area contributed by atoms with Crippen LogP contribution in [0.15, 0.2) is 30.5 Å². The molecule has 94 valence electrons. The lowest BCUT2D eigenvalue weighted by Crippen LogP contribution is -2.29. The summed E-state index contributed by atoms with van der Waals surface area (Å²) in [5.74, 6) is 0.536. The van der Waals surface area contributed by atoms with Gasteiger partial charge in [-0.3, -0.25) is 4.79 Å². The Balaban J connectivity index is 1.83. The van der Waals surface area contributed by atoms with Gasteiger partial charge in [-0.05, 0) is 24.5 Å². The van der Waals surface area contributed by atoms with Crippen LogP contribution in [0.5, 0.6) is 0 Å². The number of rotatable bonds is 1. The van der Waals surface area contributed by atoms with Gasteiger partial charge in [0.05, 0.1) is 5.41 Å². The summed E-state index contributed by atoms with van der Waals surface area (Å²) in [7, 11) is 1.88. The molecule has 1 fully saturated rings. The topological polar surface area (TPSA) is 33.2 Å². The maximum atomic E-state index is 12.2. The first-order valence-corrected chi connectivity index (χ1v) is 6.55. The first-order chi connectivity index (χ1) is 8.61. The van der Waals surface area contributed by atoms with Gasteiger partial charge in [0.15, 0.2) is 0 Å². The molecule has 2 atom stereocenters. The normalized spacial score (nSPS) is 30.7. The highest BCUT2D eigenvalue weighted by molar-refractivity contribution is 6.29. The predicted octanol–water partition coefficient (Wildman–Crippen LogP) is 2.63. The van der Waals surface area contributed by atoms with Crippen LogP contribution in [0.2, 0.25) is 5.15 Å². The van der Waals surface area contributed by atoms with Crippen LogP contribution in [0.1, 0.15) is 24.3 Å². The van der Waals surface area contributed by atoms with Crippen LogP contribution in [-0.2, 0) is 4.79 Å². The Morgan fingerprint density at radius 3 is 2.94 bits per heavy atom. The first kappa shape index (κ1) is 11.7. The number of halogens is 1. The maximum absolute atomic E-state index is 12.2. The molecule has 1 aromatic heterocycles. The van der Waals surface area contributed by atoms with E-state index < -0.39 is 0 Å². The molecule has 1 amide bonds. The number of carbonyl (C=O) groups excluding carboxylic acids is 1. The Morgan fingerprint density at radius 1 is 1.50 bits per heavy atom. The second-order valence-electron chi connectivity index (χ2n) is 5.22. The Labute approximate surface area is 111 Å². The molecule has 2 heterocycles. The fourth-order valence-electron chi connectivity index (χ4n) is 2.96. The zero-order chi connectivity index (χ0) is 12.8. The van der Waals surface area contributed by atoms with Crippen LogP contribution in [0.25, 0.3) is 0 Å². The molecule has 0 unspecified atom stereocenters. The molecule has 0 bridgehead atoms. The lowest BCUT2D eigenvalue weighted by molar-refractivity contribution is -0.132. The summed E-state index contributed by atoms with van der Waals surface area (Å²) < 4.78 is 0. The van der Waals surface area contributed by atoms with Crippen molar-refractivity contribution in [2.24, 2.45) is 5.41 Å². The summed E-state index contributed by atoms with van der Waals surface area (Å²) in [6, 6.07) is 3.80. The zero-order valence-corrected chi connectivity index (χ0v) is 11.0. The summed E-state index contributed by atoms with van der Waals surface area (Å²) in [5.41, 5.74) is 0.869. The van der Waals surface area contributed by atoms with Crippen LogP contribution in [0, 0.1) is 5.41 Å². The van der Waals surface area contributed by atoms with Crippen molar-refractivity contribution in [3.05, 3.63) is 41.2 Å². The van der Waals surface area contributed by atoms with Crippen LogP contribution < -0.4 is 0 Å². The highest BCUT2D eigenvalue weighted by Crippen LogP contribution is 2.47. The minimum Gasteiger partial charge on any atom is -0.345 e. The molecule has 1 spiro atoms. The van der Waals surface area contributed by atoms with Crippen molar-refractivity contribution in [2.75, 3.05) is 13.6 Å². The van der Waals surface area contributed by atoms with Crippen molar-refractivity contribution in [1.82, 2.24) is 9.88 Å². The van der Waals surface area contributed by atoms with E-state index in [0.29, 0.717) is 5.15 Å². The predicted molar refractivity (Wildman–Crippen MR) is 70.4 cm³/mol. The molecule has 0 aromatic carbocycles. The molecule has 3 rings (SSSR count). The van der Waals surface area contributed by atoms with Crippen molar-refractivity contribution in [3.8, 4) is 0 Å². The number of hydrogen-bond donors (Lipinski definition) is 0. The average molecular weight is 263 g/mol. The quantitative estimate of drug-likeness (QED) is 0.576. The molecule has 0 saturated carbocycles. The van der Waals surface area contributed by atoms with Gasteiger partial charge in [-0.15, -0.1) is 0 Å². The largest absolute Gasteiger partial charge is 0.345 e. The smallest absolute Gasteiger partial charge is 0.232 e. The number of pyridine rings is 1. The van der Waals surface area contributed by atoms with E-state index in [1.54, 1.807) is 12.3 Å². The van der Waals surface area contributed by atoms with Gasteiger partial charge in [-0.2, -0.15) is 0 Å². The molecule has 0 N–H and O–H groups in total. The first-order valence-electron chi connectivity index (χ1n) is 6.17. The van der Waals surface area contributed by atoms with Gasteiger partial charge >= 0.3 is 0 Å². The van der Waals surface area contributed by atoms with Crippen molar-refractivity contribution < 1.29 is 4.79 Å². The van der Waals surface area contributed by atoms with Crippen LogP contribution in [-0.4, -0.2) is 29.4 Å². The van der Waals surface area contributed by atoms with Gasteiger partial charge in [-0.25, -0.2) is 4.98 Å². The highest BCUT2D eigenvalue weighted by atomic mass is 35.5. The van der Waals surface area contributed by atoms with Crippen molar-refractivity contribution >= 4 is 17.5 Å². The Bertz CT molecular complexity index is 511. The van der Waals surface area contributed by atoms with Gasteiger partial charge in [0, 0.05) is 25.7 Å². The number of nitrogens with zero attached hydrogens (tertiary/aromatic N) is 2. The van der Waals surface area contributed by atoms with Crippen molar-refractivity contribution in [2.45, 2.75) is 18.8 Å². The average Bonchev–Trinajstić information content (AvgIpc) is 2.92. The van der Waals surface area contributed by atoms with E-state index in [1.165, 1.54) is 0 Å². The minimum absolute atomic E-state index is 0.253. The molecule has 4 heteroatoms. The lowest BCUT2D eigenvalue weighted by atomic mass is 9.82. The molecule has 3 nitrogen and oxygen atoms in total. The summed E-state index contributed by atoms with van der Waals surface area (Å²) >= 11 is 5.79. The molecule has 1 saturated heterocycles. The number of allylic oxidation sites excluding steroid dienone is 1. The maximum Gasteiger partial charge on any atom is 0.232 e.